The van der Waals surface area contributed by atoms with Crippen molar-refractivity contribution in [2.45, 2.75) is 13.8 Å². The minimum absolute atomic E-state index is 0.0366. The van der Waals surface area contributed by atoms with Crippen molar-refractivity contribution < 1.29 is 14.3 Å². The van der Waals surface area contributed by atoms with E-state index in [0.717, 1.165) is 27.6 Å². The van der Waals surface area contributed by atoms with Crippen LogP contribution in [0.4, 0.5) is 5.69 Å². The zero-order chi connectivity index (χ0) is 20.1. The molecule has 5 nitrogen and oxygen atoms in total. The van der Waals surface area contributed by atoms with Gasteiger partial charge in [-0.1, -0.05) is 48.5 Å². The lowest BCUT2D eigenvalue weighted by atomic mass is 10.1. The van der Waals surface area contributed by atoms with Gasteiger partial charge >= 0.3 is 0 Å². The van der Waals surface area contributed by atoms with E-state index in [4.69, 9.17) is 4.74 Å². The number of ether oxygens (including phenoxy) is 1. The summed E-state index contributed by atoms with van der Waals surface area (Å²) in [5.74, 6) is 0.151. The number of hydrogen-bond acceptors (Lipinski definition) is 3. The van der Waals surface area contributed by atoms with E-state index in [0.29, 0.717) is 5.75 Å². The molecule has 2 amide bonds. The molecule has 0 heterocycles. The lowest BCUT2D eigenvalue weighted by Gasteiger charge is -2.18. The van der Waals surface area contributed by atoms with Gasteiger partial charge in [0.1, 0.15) is 5.75 Å². The summed E-state index contributed by atoms with van der Waals surface area (Å²) >= 11 is 0. The van der Waals surface area contributed by atoms with Crippen molar-refractivity contribution >= 4 is 28.3 Å². The molecule has 3 rings (SSSR count). The van der Waals surface area contributed by atoms with Crippen LogP contribution in [0.3, 0.4) is 0 Å². The number of hydrogen-bond donors (Lipinski definition) is 1. The summed E-state index contributed by atoms with van der Waals surface area (Å²) in [6.07, 6.45) is 0. The SMILES string of the molecule is Cc1ccc(C)c(NC(=O)CN(C)C(=O)COc2cccc3ccccc23)c1. The highest BCUT2D eigenvalue weighted by Gasteiger charge is 2.15. The van der Waals surface area contributed by atoms with E-state index in [1.54, 1.807) is 7.05 Å². The standard InChI is InChI=1S/C23H24N2O3/c1-16-11-12-17(2)20(13-16)24-22(26)14-25(3)23(27)15-28-21-10-6-8-18-7-4-5-9-19(18)21/h4-13H,14-15H2,1-3H3,(H,24,26). The number of anilines is 1. The predicted octanol–water partition coefficient (Wildman–Crippen LogP) is 3.93. The van der Waals surface area contributed by atoms with E-state index < -0.39 is 0 Å². The van der Waals surface area contributed by atoms with Crippen LogP contribution in [0.15, 0.2) is 60.7 Å². The maximum atomic E-state index is 12.4. The number of aryl methyl sites for hydroxylation is 2. The minimum atomic E-state index is -0.260. The average Bonchev–Trinajstić information content (AvgIpc) is 2.68. The molecule has 0 aliphatic carbocycles. The third-order valence-electron chi connectivity index (χ3n) is 4.57. The Balaban J connectivity index is 1.57. The van der Waals surface area contributed by atoms with Crippen molar-refractivity contribution in [2.24, 2.45) is 0 Å². The summed E-state index contributed by atoms with van der Waals surface area (Å²) in [5, 5.41) is 4.86. The highest BCUT2D eigenvalue weighted by Crippen LogP contribution is 2.25. The molecule has 5 heteroatoms. The molecule has 0 saturated carbocycles. The Hall–Kier alpha value is -3.34. The van der Waals surface area contributed by atoms with Crippen LogP contribution < -0.4 is 10.1 Å². The number of nitrogens with zero attached hydrogens (tertiary/aromatic N) is 1. The Morgan fingerprint density at radius 2 is 1.75 bits per heavy atom. The first-order chi connectivity index (χ1) is 13.4. The van der Waals surface area contributed by atoms with Crippen molar-refractivity contribution in [3.63, 3.8) is 0 Å². The molecule has 0 aliphatic rings. The predicted molar refractivity (Wildman–Crippen MR) is 112 cm³/mol. The van der Waals surface area contributed by atoms with E-state index in [1.165, 1.54) is 4.90 Å². The monoisotopic (exact) mass is 376 g/mol. The summed E-state index contributed by atoms with van der Waals surface area (Å²) < 4.78 is 5.71. The first kappa shape index (κ1) is 19.4. The normalized spacial score (nSPS) is 10.5. The molecule has 0 fully saturated rings. The molecule has 0 aromatic heterocycles. The Morgan fingerprint density at radius 3 is 2.57 bits per heavy atom. The number of likely N-dealkylation sites (N-methyl/N-ethyl adjacent to an activating group) is 1. The number of fused-ring (bicyclic) bond motifs is 1. The van der Waals surface area contributed by atoms with Gasteiger partial charge in [0.25, 0.3) is 5.91 Å². The number of nitrogens with one attached hydrogen (secondary N) is 1. The van der Waals surface area contributed by atoms with E-state index in [9.17, 15) is 9.59 Å². The lowest BCUT2D eigenvalue weighted by Crippen LogP contribution is -2.37. The molecule has 0 atom stereocenters. The first-order valence-electron chi connectivity index (χ1n) is 9.15. The Labute approximate surface area is 164 Å². The van der Waals surface area contributed by atoms with Crippen molar-refractivity contribution in [1.82, 2.24) is 4.90 Å². The van der Waals surface area contributed by atoms with Crippen molar-refractivity contribution in [1.29, 1.82) is 0 Å². The Kier molecular flexibility index (Phi) is 5.94. The van der Waals surface area contributed by atoms with Crippen LogP contribution in [0.25, 0.3) is 10.8 Å². The molecule has 0 bridgehead atoms. The van der Waals surface area contributed by atoms with Gasteiger partial charge in [-0.2, -0.15) is 0 Å². The number of carbonyl (C=O) groups excluding carboxylic acids is 2. The summed E-state index contributed by atoms with van der Waals surface area (Å²) in [7, 11) is 1.59. The molecule has 0 saturated heterocycles. The second-order valence-electron chi connectivity index (χ2n) is 6.88. The lowest BCUT2D eigenvalue weighted by molar-refractivity contribution is -0.135. The van der Waals surface area contributed by atoms with Crippen molar-refractivity contribution in [3.05, 3.63) is 71.8 Å². The van der Waals surface area contributed by atoms with E-state index in [2.05, 4.69) is 5.32 Å². The minimum Gasteiger partial charge on any atom is -0.483 e. The summed E-state index contributed by atoms with van der Waals surface area (Å²) in [4.78, 5) is 26.0. The van der Waals surface area contributed by atoms with Gasteiger partial charge in [0.15, 0.2) is 6.61 Å². The smallest absolute Gasteiger partial charge is 0.260 e. The maximum Gasteiger partial charge on any atom is 0.260 e. The van der Waals surface area contributed by atoms with Crippen LogP contribution in [0.1, 0.15) is 11.1 Å². The molecule has 144 valence electrons. The van der Waals surface area contributed by atoms with Crippen LogP contribution in [0, 0.1) is 13.8 Å². The van der Waals surface area contributed by atoms with Gasteiger partial charge in [-0.15, -0.1) is 0 Å². The highest BCUT2D eigenvalue weighted by atomic mass is 16.5. The summed E-state index contributed by atoms with van der Waals surface area (Å²) in [6.45, 7) is 3.74. The van der Waals surface area contributed by atoms with Gasteiger partial charge in [0.2, 0.25) is 5.91 Å². The van der Waals surface area contributed by atoms with Gasteiger partial charge < -0.3 is 15.0 Å². The summed E-state index contributed by atoms with van der Waals surface area (Å²) in [5.41, 5.74) is 2.80. The van der Waals surface area contributed by atoms with Crippen LogP contribution in [-0.4, -0.2) is 36.9 Å². The molecular formula is C23H24N2O3. The van der Waals surface area contributed by atoms with Gasteiger partial charge in [0, 0.05) is 18.1 Å². The van der Waals surface area contributed by atoms with Crippen molar-refractivity contribution in [3.8, 4) is 5.75 Å². The van der Waals surface area contributed by atoms with Crippen LogP contribution >= 0.6 is 0 Å². The molecule has 0 unspecified atom stereocenters. The van der Waals surface area contributed by atoms with Crippen molar-refractivity contribution in [2.75, 3.05) is 25.5 Å². The molecule has 28 heavy (non-hydrogen) atoms. The van der Waals surface area contributed by atoms with E-state index in [-0.39, 0.29) is 25.0 Å². The topological polar surface area (TPSA) is 58.6 Å². The van der Waals surface area contributed by atoms with Crippen LogP contribution in [0.2, 0.25) is 0 Å². The fraction of sp³-hybridized carbons (Fsp3) is 0.217. The van der Waals surface area contributed by atoms with Crippen LogP contribution in [-0.2, 0) is 9.59 Å². The van der Waals surface area contributed by atoms with Crippen LogP contribution in [0.5, 0.6) is 5.75 Å². The van der Waals surface area contributed by atoms with E-state index in [1.807, 2.05) is 74.5 Å². The highest BCUT2D eigenvalue weighted by molar-refractivity contribution is 5.95. The fourth-order valence-corrected chi connectivity index (χ4v) is 2.94. The second-order valence-corrected chi connectivity index (χ2v) is 6.88. The van der Waals surface area contributed by atoms with Gasteiger partial charge in [-0.25, -0.2) is 0 Å². The van der Waals surface area contributed by atoms with Gasteiger partial charge in [0.05, 0.1) is 6.54 Å². The maximum absolute atomic E-state index is 12.4. The molecular weight excluding hydrogens is 352 g/mol. The molecule has 1 N–H and O–H groups in total. The number of carbonyl (C=O) groups is 2. The fourth-order valence-electron chi connectivity index (χ4n) is 2.94. The third kappa shape index (κ3) is 4.68. The largest absolute Gasteiger partial charge is 0.483 e. The Bertz CT molecular complexity index is 1010. The number of amides is 2. The molecule has 3 aromatic rings. The molecule has 0 spiro atoms. The third-order valence-corrected chi connectivity index (χ3v) is 4.57. The number of rotatable bonds is 6. The molecule has 0 aliphatic heterocycles. The van der Waals surface area contributed by atoms with Gasteiger partial charge in [-0.05, 0) is 42.5 Å². The zero-order valence-corrected chi connectivity index (χ0v) is 16.4. The average molecular weight is 376 g/mol. The van der Waals surface area contributed by atoms with E-state index >= 15 is 0 Å². The quantitative estimate of drug-likeness (QED) is 0.709. The second kappa shape index (κ2) is 8.57. The molecule has 3 aromatic carbocycles. The zero-order valence-electron chi connectivity index (χ0n) is 16.4. The summed E-state index contributed by atoms with van der Waals surface area (Å²) in [6, 6.07) is 19.4. The Morgan fingerprint density at radius 1 is 1.00 bits per heavy atom. The molecule has 0 radical (unpaired) electrons. The van der Waals surface area contributed by atoms with Gasteiger partial charge in [-0.3, -0.25) is 9.59 Å². The number of benzene rings is 3. The first-order valence-corrected chi connectivity index (χ1v) is 9.15.